The van der Waals surface area contributed by atoms with Gasteiger partial charge in [-0.05, 0) is 27.1 Å². The average Bonchev–Trinajstić information content (AvgIpc) is 2.84. The van der Waals surface area contributed by atoms with Crippen LogP contribution in [0.5, 0.6) is 11.5 Å². The first-order valence-electron chi connectivity index (χ1n) is 11.0. The standard InChI is InChI=1S/C26H27BrN2O4/c27-25-23(31-17-19-7-3-1-4-8-19)15-21(29-13-11-22(12-14-29)33-26(28)30)16-24(25)32-18-20-9-5-2-6-10-20/h1-10,15-16,22H,11-14,17-18H2,(H2,28,30). The molecule has 0 saturated carbocycles. The first-order chi connectivity index (χ1) is 16.1. The van der Waals surface area contributed by atoms with Crippen LogP contribution in [0.4, 0.5) is 10.5 Å². The zero-order valence-electron chi connectivity index (χ0n) is 18.3. The molecule has 1 fully saturated rings. The van der Waals surface area contributed by atoms with Crippen LogP contribution in [0.3, 0.4) is 0 Å². The largest absolute Gasteiger partial charge is 0.487 e. The normalized spacial score (nSPS) is 14.0. The molecule has 1 amide bonds. The molecule has 4 rings (SSSR count). The lowest BCUT2D eigenvalue weighted by Crippen LogP contribution is -2.38. The molecule has 0 aliphatic carbocycles. The zero-order chi connectivity index (χ0) is 23.0. The summed E-state index contributed by atoms with van der Waals surface area (Å²) in [7, 11) is 0. The van der Waals surface area contributed by atoms with Crippen LogP contribution in [0.25, 0.3) is 0 Å². The van der Waals surface area contributed by atoms with Crippen molar-refractivity contribution in [1.29, 1.82) is 0 Å². The fourth-order valence-corrected chi connectivity index (χ4v) is 4.28. The minimum Gasteiger partial charge on any atom is -0.487 e. The monoisotopic (exact) mass is 510 g/mol. The number of amides is 1. The Morgan fingerprint density at radius 1 is 0.879 bits per heavy atom. The highest BCUT2D eigenvalue weighted by atomic mass is 79.9. The molecule has 3 aromatic rings. The molecule has 0 atom stereocenters. The van der Waals surface area contributed by atoms with Gasteiger partial charge in [-0.25, -0.2) is 4.79 Å². The minimum atomic E-state index is -0.717. The van der Waals surface area contributed by atoms with Crippen molar-refractivity contribution in [2.75, 3.05) is 18.0 Å². The number of benzene rings is 3. The maximum absolute atomic E-state index is 11.1. The number of carbonyl (C=O) groups is 1. The Bertz CT molecular complexity index is 990. The van der Waals surface area contributed by atoms with Gasteiger partial charge in [0, 0.05) is 43.8 Å². The van der Waals surface area contributed by atoms with Crippen LogP contribution < -0.4 is 20.1 Å². The first kappa shape index (κ1) is 23.0. The molecule has 7 heteroatoms. The molecule has 2 N–H and O–H groups in total. The Morgan fingerprint density at radius 3 is 1.82 bits per heavy atom. The van der Waals surface area contributed by atoms with Gasteiger partial charge in [-0.15, -0.1) is 0 Å². The van der Waals surface area contributed by atoms with E-state index in [-0.39, 0.29) is 6.10 Å². The summed E-state index contributed by atoms with van der Waals surface area (Å²) >= 11 is 3.68. The number of carbonyl (C=O) groups excluding carboxylic acids is 1. The number of anilines is 1. The predicted molar refractivity (Wildman–Crippen MR) is 132 cm³/mol. The van der Waals surface area contributed by atoms with Crippen LogP contribution in [0.1, 0.15) is 24.0 Å². The summed E-state index contributed by atoms with van der Waals surface area (Å²) in [5, 5.41) is 0. The maximum Gasteiger partial charge on any atom is 0.404 e. The van der Waals surface area contributed by atoms with Gasteiger partial charge in [0.15, 0.2) is 0 Å². The predicted octanol–water partition coefficient (Wildman–Crippen LogP) is 5.67. The van der Waals surface area contributed by atoms with Crippen molar-refractivity contribution in [3.8, 4) is 11.5 Å². The molecular weight excluding hydrogens is 484 g/mol. The van der Waals surface area contributed by atoms with Gasteiger partial charge >= 0.3 is 6.09 Å². The molecule has 0 unspecified atom stereocenters. The van der Waals surface area contributed by atoms with E-state index in [0.29, 0.717) is 13.2 Å². The van der Waals surface area contributed by atoms with Crippen LogP contribution >= 0.6 is 15.9 Å². The second-order valence-corrected chi connectivity index (χ2v) is 8.72. The summed E-state index contributed by atoms with van der Waals surface area (Å²) in [5.41, 5.74) is 8.35. The van der Waals surface area contributed by atoms with Crippen molar-refractivity contribution in [3.05, 3.63) is 88.4 Å². The lowest BCUT2D eigenvalue weighted by atomic mass is 10.1. The maximum atomic E-state index is 11.1. The fraction of sp³-hybridized carbons (Fsp3) is 0.269. The zero-order valence-corrected chi connectivity index (χ0v) is 19.9. The van der Waals surface area contributed by atoms with Crippen molar-refractivity contribution in [3.63, 3.8) is 0 Å². The smallest absolute Gasteiger partial charge is 0.404 e. The number of primary amides is 1. The minimum absolute atomic E-state index is 0.142. The number of halogens is 1. The van der Waals surface area contributed by atoms with Crippen LogP contribution in [-0.2, 0) is 18.0 Å². The summed E-state index contributed by atoms with van der Waals surface area (Å²) in [6.45, 7) is 2.40. The van der Waals surface area contributed by atoms with E-state index in [2.05, 4.69) is 20.8 Å². The third kappa shape index (κ3) is 6.42. The number of ether oxygens (including phenoxy) is 3. The number of piperidine rings is 1. The van der Waals surface area contributed by atoms with Crippen molar-refractivity contribution in [1.82, 2.24) is 0 Å². The summed E-state index contributed by atoms with van der Waals surface area (Å²) < 4.78 is 18.3. The van der Waals surface area contributed by atoms with Gasteiger partial charge in [0.1, 0.15) is 35.3 Å². The van der Waals surface area contributed by atoms with Gasteiger partial charge in [0.25, 0.3) is 0 Å². The molecule has 0 bridgehead atoms. The molecule has 1 aliphatic heterocycles. The van der Waals surface area contributed by atoms with Gasteiger partial charge in [0.05, 0.1) is 0 Å². The quantitative estimate of drug-likeness (QED) is 0.422. The lowest BCUT2D eigenvalue weighted by molar-refractivity contribution is 0.0912. The van der Waals surface area contributed by atoms with Crippen molar-refractivity contribution < 1.29 is 19.0 Å². The molecule has 172 valence electrons. The number of rotatable bonds is 8. The molecular formula is C26H27BrN2O4. The summed E-state index contributed by atoms with van der Waals surface area (Å²) in [4.78, 5) is 13.3. The topological polar surface area (TPSA) is 74.0 Å². The second kappa shape index (κ2) is 11.1. The van der Waals surface area contributed by atoms with E-state index < -0.39 is 6.09 Å². The number of hydrogen-bond acceptors (Lipinski definition) is 5. The molecule has 0 aromatic heterocycles. The van der Waals surface area contributed by atoms with Gasteiger partial charge < -0.3 is 24.8 Å². The van der Waals surface area contributed by atoms with Crippen LogP contribution in [0.2, 0.25) is 0 Å². The summed E-state index contributed by atoms with van der Waals surface area (Å²) in [5.74, 6) is 1.44. The van der Waals surface area contributed by atoms with E-state index in [1.165, 1.54) is 0 Å². The Hall–Kier alpha value is -3.19. The molecule has 0 spiro atoms. The highest BCUT2D eigenvalue weighted by molar-refractivity contribution is 9.10. The molecule has 33 heavy (non-hydrogen) atoms. The highest BCUT2D eigenvalue weighted by Gasteiger charge is 2.23. The number of nitrogens with zero attached hydrogens (tertiary/aromatic N) is 1. The lowest BCUT2D eigenvalue weighted by Gasteiger charge is -2.33. The van der Waals surface area contributed by atoms with Gasteiger partial charge in [0.2, 0.25) is 0 Å². The average molecular weight is 511 g/mol. The van der Waals surface area contributed by atoms with E-state index in [1.807, 2.05) is 72.8 Å². The van der Waals surface area contributed by atoms with Gasteiger partial charge in [-0.1, -0.05) is 60.7 Å². The summed E-state index contributed by atoms with van der Waals surface area (Å²) in [6, 6.07) is 24.2. The molecule has 0 radical (unpaired) electrons. The van der Waals surface area contributed by atoms with Crippen molar-refractivity contribution in [2.45, 2.75) is 32.2 Å². The number of hydrogen-bond donors (Lipinski definition) is 1. The molecule has 1 aliphatic rings. The van der Waals surface area contributed by atoms with Crippen LogP contribution in [0, 0.1) is 0 Å². The van der Waals surface area contributed by atoms with E-state index >= 15 is 0 Å². The summed E-state index contributed by atoms with van der Waals surface area (Å²) in [6.07, 6.45) is 0.584. The fourth-order valence-electron chi connectivity index (χ4n) is 3.82. The van der Waals surface area contributed by atoms with Crippen molar-refractivity contribution in [2.24, 2.45) is 5.73 Å². The van der Waals surface area contributed by atoms with Gasteiger partial charge in [-0.3, -0.25) is 0 Å². The van der Waals surface area contributed by atoms with E-state index in [1.54, 1.807) is 0 Å². The highest BCUT2D eigenvalue weighted by Crippen LogP contribution is 2.40. The van der Waals surface area contributed by atoms with E-state index in [0.717, 1.165) is 58.7 Å². The Balaban J connectivity index is 1.53. The Labute approximate surface area is 202 Å². The second-order valence-electron chi connectivity index (χ2n) is 7.93. The van der Waals surface area contributed by atoms with Crippen LogP contribution in [-0.4, -0.2) is 25.3 Å². The van der Waals surface area contributed by atoms with E-state index in [9.17, 15) is 4.79 Å². The third-order valence-electron chi connectivity index (χ3n) is 5.55. The Morgan fingerprint density at radius 2 is 1.36 bits per heavy atom. The van der Waals surface area contributed by atoms with Crippen LogP contribution in [0.15, 0.2) is 77.3 Å². The van der Waals surface area contributed by atoms with Gasteiger partial charge in [-0.2, -0.15) is 0 Å². The first-order valence-corrected chi connectivity index (χ1v) is 11.8. The molecule has 3 aromatic carbocycles. The third-order valence-corrected chi connectivity index (χ3v) is 6.34. The Kier molecular flexibility index (Phi) is 7.73. The number of nitrogens with two attached hydrogens (primary N) is 1. The SMILES string of the molecule is NC(=O)OC1CCN(c2cc(OCc3ccccc3)c(Br)c(OCc3ccccc3)c2)CC1. The van der Waals surface area contributed by atoms with E-state index in [4.69, 9.17) is 19.9 Å². The molecule has 1 saturated heterocycles. The van der Waals surface area contributed by atoms with Crippen molar-refractivity contribution >= 4 is 27.7 Å². The molecule has 6 nitrogen and oxygen atoms in total. The molecule has 1 heterocycles.